The van der Waals surface area contributed by atoms with Gasteiger partial charge in [-0.25, -0.2) is 9.37 Å². The molecule has 2 N–H and O–H groups in total. The lowest BCUT2D eigenvalue weighted by Crippen LogP contribution is -2.62. The fourth-order valence-electron chi connectivity index (χ4n) is 3.73. The number of benzene rings is 2. The number of guanidine groups is 1. The first-order chi connectivity index (χ1) is 16.9. The van der Waals surface area contributed by atoms with Crippen LogP contribution in [0.25, 0.3) is 0 Å². The number of carbonyl (C=O) groups excluding carboxylic acids is 2. The second-order valence-corrected chi connectivity index (χ2v) is 8.01. The minimum atomic E-state index is -0.970. The molecular formula is C24H27N6O5+. The van der Waals surface area contributed by atoms with Crippen LogP contribution in [0.1, 0.15) is 5.56 Å². The maximum Gasteiger partial charge on any atom is 0.414 e. The lowest BCUT2D eigenvalue weighted by Gasteiger charge is -2.32. The smallest absolute Gasteiger partial charge is 0.414 e. The number of amidine groups is 1. The summed E-state index contributed by atoms with van der Waals surface area (Å²) in [5, 5.41) is 14.9. The van der Waals surface area contributed by atoms with E-state index < -0.39 is 24.1 Å². The Morgan fingerprint density at radius 3 is 2.49 bits per heavy atom. The largest absolute Gasteiger partial charge is 0.497 e. The summed E-state index contributed by atoms with van der Waals surface area (Å²) in [5.74, 6) is 1.32. The average Bonchev–Trinajstić information content (AvgIpc) is 3.24. The topological polar surface area (TPSA) is 119 Å². The minimum absolute atomic E-state index is 0.0125. The maximum absolute atomic E-state index is 13.0. The maximum atomic E-state index is 13.0. The van der Waals surface area contributed by atoms with Crippen LogP contribution < -0.4 is 14.9 Å². The van der Waals surface area contributed by atoms with E-state index in [0.29, 0.717) is 11.5 Å². The van der Waals surface area contributed by atoms with Gasteiger partial charge in [-0.2, -0.15) is 5.43 Å². The molecule has 2 aliphatic rings. The number of imide groups is 1. The Labute approximate surface area is 202 Å². The molecule has 0 aromatic heterocycles. The van der Waals surface area contributed by atoms with E-state index in [9.17, 15) is 14.7 Å². The fraction of sp³-hybridized carbons (Fsp3) is 0.292. The van der Waals surface area contributed by atoms with E-state index in [1.807, 2.05) is 30.3 Å². The average molecular weight is 480 g/mol. The molecule has 0 saturated carbocycles. The second-order valence-electron chi connectivity index (χ2n) is 8.01. The number of nitrogens with one attached hydrogen (secondary N) is 1. The van der Waals surface area contributed by atoms with Crippen molar-refractivity contribution in [3.8, 4) is 11.5 Å². The number of hydrazone groups is 1. The summed E-state index contributed by atoms with van der Waals surface area (Å²) in [5.41, 5.74) is 3.72. The number of fused-ring (bicyclic) bond motifs is 1. The molecule has 11 heteroatoms. The quantitative estimate of drug-likeness (QED) is 0.327. The Bertz CT molecular complexity index is 1180. The molecule has 0 spiro atoms. The highest BCUT2D eigenvalue weighted by atomic mass is 16.5. The predicted octanol–water partition coefficient (Wildman–Crippen LogP) is 0.732. The molecule has 0 aliphatic carbocycles. The number of aliphatic hydroxyl groups is 1. The number of hydrogen-bond donors (Lipinski definition) is 2. The molecule has 0 radical (unpaired) electrons. The summed E-state index contributed by atoms with van der Waals surface area (Å²) in [6, 6.07) is 15.1. The lowest BCUT2D eigenvalue weighted by atomic mass is 10.1. The van der Waals surface area contributed by atoms with Crippen LogP contribution >= 0.6 is 0 Å². The van der Waals surface area contributed by atoms with Crippen molar-refractivity contribution in [2.75, 3.05) is 34.4 Å². The molecule has 0 bridgehead atoms. The van der Waals surface area contributed by atoms with Crippen molar-refractivity contribution < 1.29 is 28.7 Å². The number of likely N-dealkylation sites (N-methyl/N-ethyl adjacent to an activating group) is 2. The summed E-state index contributed by atoms with van der Waals surface area (Å²) in [6.07, 6.45) is 0.641. The molecule has 4 rings (SSSR count). The molecule has 2 aromatic rings. The van der Waals surface area contributed by atoms with Gasteiger partial charge >= 0.3 is 12.0 Å². The van der Waals surface area contributed by atoms with Gasteiger partial charge in [0.25, 0.3) is 5.91 Å². The Kier molecular flexibility index (Phi) is 7.06. The molecule has 2 aromatic carbocycles. The monoisotopic (exact) mass is 479 g/mol. The third kappa shape index (κ3) is 5.14. The van der Waals surface area contributed by atoms with E-state index in [4.69, 9.17) is 9.47 Å². The van der Waals surface area contributed by atoms with E-state index in [-0.39, 0.29) is 24.9 Å². The van der Waals surface area contributed by atoms with Crippen molar-refractivity contribution >= 4 is 29.9 Å². The number of aliphatic imine (C=N–C) groups is 1. The molecule has 2 heterocycles. The van der Waals surface area contributed by atoms with Crippen molar-refractivity contribution in [1.29, 1.82) is 0 Å². The number of carbonyl (C=O) groups is 2. The molecular weight excluding hydrogens is 452 g/mol. The van der Waals surface area contributed by atoms with Gasteiger partial charge in [0.1, 0.15) is 24.2 Å². The third-order valence-electron chi connectivity index (χ3n) is 5.62. The normalized spacial score (nSPS) is 18.6. The van der Waals surface area contributed by atoms with Crippen molar-refractivity contribution in [1.82, 2.24) is 15.2 Å². The Morgan fingerprint density at radius 2 is 1.80 bits per heavy atom. The van der Waals surface area contributed by atoms with Crippen molar-refractivity contribution in [3.05, 3.63) is 60.2 Å². The van der Waals surface area contributed by atoms with E-state index >= 15 is 0 Å². The lowest BCUT2D eigenvalue weighted by molar-refractivity contribution is -0.545. The summed E-state index contributed by atoms with van der Waals surface area (Å²) < 4.78 is 12.4. The highest BCUT2D eigenvalue weighted by Crippen LogP contribution is 2.20. The highest BCUT2D eigenvalue weighted by molar-refractivity contribution is 6.22. The van der Waals surface area contributed by atoms with E-state index in [1.54, 1.807) is 49.2 Å². The fourth-order valence-corrected chi connectivity index (χ4v) is 3.73. The molecule has 1 saturated heterocycles. The van der Waals surface area contributed by atoms with E-state index in [0.717, 1.165) is 10.5 Å². The van der Waals surface area contributed by atoms with Gasteiger partial charge in [0.15, 0.2) is 0 Å². The first-order valence-electron chi connectivity index (χ1n) is 11.0. The van der Waals surface area contributed by atoms with Crippen LogP contribution in [-0.4, -0.2) is 95.9 Å². The number of rotatable bonds is 8. The van der Waals surface area contributed by atoms with Gasteiger partial charge in [-0.05, 0) is 29.8 Å². The van der Waals surface area contributed by atoms with Crippen LogP contribution in [0.4, 0.5) is 4.79 Å². The van der Waals surface area contributed by atoms with E-state index in [1.165, 1.54) is 11.9 Å². The van der Waals surface area contributed by atoms with Crippen LogP contribution in [-0.2, 0) is 4.79 Å². The number of hydrogen-bond acceptors (Lipinski definition) is 8. The molecule has 2 atom stereocenters. The van der Waals surface area contributed by atoms with Gasteiger partial charge in [-0.15, -0.1) is 5.10 Å². The number of ether oxygens (including phenoxy) is 2. The second kappa shape index (κ2) is 10.3. The van der Waals surface area contributed by atoms with Gasteiger partial charge in [-0.3, -0.25) is 14.6 Å². The van der Waals surface area contributed by atoms with Crippen LogP contribution in [0.2, 0.25) is 0 Å². The summed E-state index contributed by atoms with van der Waals surface area (Å²) in [4.78, 5) is 32.2. The Morgan fingerprint density at radius 1 is 1.11 bits per heavy atom. The zero-order valence-corrected chi connectivity index (χ0v) is 19.7. The Balaban J connectivity index is 1.53. The van der Waals surface area contributed by atoms with Gasteiger partial charge in [0.2, 0.25) is 11.9 Å². The third-order valence-corrected chi connectivity index (χ3v) is 5.62. The number of β-amino-alcohol motifs (C(OH)–C–C–N with tert-alkyl or cyclic N) is 1. The predicted molar refractivity (Wildman–Crippen MR) is 129 cm³/mol. The molecule has 35 heavy (non-hydrogen) atoms. The van der Waals surface area contributed by atoms with Crippen molar-refractivity contribution in [2.45, 2.75) is 12.1 Å². The number of aliphatic hydroxyl groups excluding tert-OH is 1. The molecule has 182 valence electrons. The highest BCUT2D eigenvalue weighted by Gasteiger charge is 2.51. The van der Waals surface area contributed by atoms with Gasteiger partial charge < -0.3 is 14.6 Å². The molecule has 1 fully saturated rings. The molecule has 2 unspecified atom stereocenters. The van der Waals surface area contributed by atoms with Gasteiger partial charge in [0.05, 0.1) is 19.9 Å². The zero-order valence-electron chi connectivity index (χ0n) is 19.7. The SMILES string of the molecule is COc1ccc(OCC(O)C[N+]2=C(N/N=C/c3ccccc3)N=C3C2C(=O)N(C)C(=O)N3C)cc1. The van der Waals surface area contributed by atoms with Crippen LogP contribution in [0, 0.1) is 0 Å². The zero-order chi connectivity index (χ0) is 24.9. The van der Waals surface area contributed by atoms with E-state index in [2.05, 4.69) is 15.5 Å². The first-order valence-corrected chi connectivity index (χ1v) is 11.0. The summed E-state index contributed by atoms with van der Waals surface area (Å²) in [6.45, 7) is -0.0110. The molecule has 11 nitrogen and oxygen atoms in total. The number of nitrogens with zero attached hydrogens (tertiary/aromatic N) is 5. The number of amides is 3. The standard InChI is InChI=1S/C24H26N6O5/c1-28-21-20(22(32)29(2)24(28)33)30(23(26-21)27-25-13-16-7-5-4-6-8-16)14-17(31)15-35-19-11-9-18(34-3)10-12-19/h4-13,17,20,31H,14-15H2,1-3H3/p+1/b25-13+. The van der Waals surface area contributed by atoms with Crippen LogP contribution in [0.3, 0.4) is 0 Å². The van der Waals surface area contributed by atoms with Crippen LogP contribution in [0.5, 0.6) is 11.5 Å². The Hall–Kier alpha value is -4.25. The summed E-state index contributed by atoms with van der Waals surface area (Å²) in [7, 11) is 4.54. The number of urea groups is 1. The van der Waals surface area contributed by atoms with Gasteiger partial charge in [0, 0.05) is 14.1 Å². The number of methoxy groups -OCH3 is 1. The minimum Gasteiger partial charge on any atom is -0.497 e. The molecule has 3 amide bonds. The summed E-state index contributed by atoms with van der Waals surface area (Å²) >= 11 is 0. The van der Waals surface area contributed by atoms with Crippen LogP contribution in [0.15, 0.2) is 64.7 Å². The van der Waals surface area contributed by atoms with Crippen molar-refractivity contribution in [3.63, 3.8) is 0 Å². The van der Waals surface area contributed by atoms with Gasteiger partial charge in [-0.1, -0.05) is 35.3 Å². The van der Waals surface area contributed by atoms with Crippen molar-refractivity contribution in [2.24, 2.45) is 10.1 Å². The molecule has 2 aliphatic heterocycles. The first kappa shape index (κ1) is 23.9.